The van der Waals surface area contributed by atoms with Gasteiger partial charge < -0.3 is 0 Å². The molecule has 0 amide bonds. The molecule has 0 radical (unpaired) electrons. The van der Waals surface area contributed by atoms with Crippen LogP contribution in [0.4, 0.5) is 0 Å². The molecule has 1 aromatic rings. The first kappa shape index (κ1) is 9.45. The Morgan fingerprint density at radius 3 is 2.47 bits per heavy atom. The molecule has 0 bridgehead atoms. The number of rotatable bonds is 2. The van der Waals surface area contributed by atoms with Crippen LogP contribution in [0, 0.1) is 11.3 Å². The maximum absolute atomic E-state index is 2.29. The maximum atomic E-state index is 2.29. The van der Waals surface area contributed by atoms with Crippen LogP contribution >= 0.6 is 0 Å². The molecular weight excluding hydrogens is 180 g/mol. The second-order valence-electron chi connectivity index (χ2n) is 5.51. The van der Waals surface area contributed by atoms with Crippen LogP contribution in [0.2, 0.25) is 0 Å². The van der Waals surface area contributed by atoms with E-state index < -0.39 is 0 Å². The Hall–Kier alpha value is -0.780. The van der Waals surface area contributed by atoms with E-state index in [-0.39, 0.29) is 0 Å². The summed E-state index contributed by atoms with van der Waals surface area (Å²) in [5.74, 6) is 1.01. The molecule has 1 spiro atoms. The Labute approximate surface area is 92.7 Å². The lowest BCUT2D eigenvalue weighted by Gasteiger charge is -2.22. The van der Waals surface area contributed by atoms with Crippen molar-refractivity contribution >= 4 is 0 Å². The zero-order valence-electron chi connectivity index (χ0n) is 9.41. The lowest BCUT2D eigenvalue weighted by molar-refractivity contribution is 0.307. The summed E-state index contributed by atoms with van der Waals surface area (Å²) in [6.07, 6.45) is 10.4. The zero-order valence-corrected chi connectivity index (χ0v) is 9.41. The van der Waals surface area contributed by atoms with Crippen molar-refractivity contribution in [3.63, 3.8) is 0 Å². The first-order valence-electron chi connectivity index (χ1n) is 6.43. The van der Waals surface area contributed by atoms with E-state index in [4.69, 9.17) is 0 Å². The van der Waals surface area contributed by atoms with Crippen molar-refractivity contribution in [1.82, 2.24) is 0 Å². The monoisotopic (exact) mass is 200 g/mol. The van der Waals surface area contributed by atoms with Crippen molar-refractivity contribution in [3.8, 4) is 0 Å². The standard InChI is InChI=1S/C15H20/c1-3-7-13(8-4-1)11-14-12-15(14)9-5-2-6-10-15/h1,3-4,7-8,14H,2,5-6,9-12H2. The van der Waals surface area contributed by atoms with E-state index in [0.717, 1.165) is 11.3 Å². The van der Waals surface area contributed by atoms with Gasteiger partial charge in [0.2, 0.25) is 0 Å². The van der Waals surface area contributed by atoms with E-state index in [1.807, 2.05) is 0 Å². The summed E-state index contributed by atoms with van der Waals surface area (Å²) in [5.41, 5.74) is 2.35. The highest BCUT2D eigenvalue weighted by Crippen LogP contribution is 2.62. The van der Waals surface area contributed by atoms with Gasteiger partial charge in [-0.05, 0) is 42.6 Å². The van der Waals surface area contributed by atoms with Gasteiger partial charge in [-0.1, -0.05) is 49.6 Å². The molecule has 80 valence electrons. The van der Waals surface area contributed by atoms with Crippen molar-refractivity contribution in [2.45, 2.75) is 44.9 Å². The van der Waals surface area contributed by atoms with Gasteiger partial charge in [0, 0.05) is 0 Å². The minimum Gasteiger partial charge on any atom is -0.0622 e. The van der Waals surface area contributed by atoms with Crippen LogP contribution in [0.5, 0.6) is 0 Å². The third-order valence-electron chi connectivity index (χ3n) is 4.53. The van der Waals surface area contributed by atoms with Crippen molar-refractivity contribution in [1.29, 1.82) is 0 Å². The first-order chi connectivity index (χ1) is 7.39. The fraction of sp³-hybridized carbons (Fsp3) is 0.600. The largest absolute Gasteiger partial charge is 0.0622 e. The van der Waals surface area contributed by atoms with E-state index in [1.54, 1.807) is 5.56 Å². The van der Waals surface area contributed by atoms with E-state index in [2.05, 4.69) is 30.3 Å². The molecule has 0 saturated heterocycles. The summed E-state index contributed by atoms with van der Waals surface area (Å²) >= 11 is 0. The Balaban J connectivity index is 1.63. The molecule has 3 rings (SSSR count). The van der Waals surface area contributed by atoms with Gasteiger partial charge in [-0.15, -0.1) is 0 Å². The van der Waals surface area contributed by atoms with Crippen molar-refractivity contribution < 1.29 is 0 Å². The number of hydrogen-bond acceptors (Lipinski definition) is 0. The third-order valence-corrected chi connectivity index (χ3v) is 4.53. The molecule has 2 saturated carbocycles. The molecule has 0 N–H and O–H groups in total. The highest BCUT2D eigenvalue weighted by atomic mass is 14.6. The van der Waals surface area contributed by atoms with Gasteiger partial charge in [0.05, 0.1) is 0 Å². The summed E-state index contributed by atoms with van der Waals surface area (Å²) in [4.78, 5) is 0. The van der Waals surface area contributed by atoms with Crippen LogP contribution in [0.3, 0.4) is 0 Å². The molecule has 1 aromatic carbocycles. The molecule has 1 unspecified atom stereocenters. The van der Waals surface area contributed by atoms with Gasteiger partial charge in [0.1, 0.15) is 0 Å². The normalized spacial score (nSPS) is 27.9. The first-order valence-corrected chi connectivity index (χ1v) is 6.43. The van der Waals surface area contributed by atoms with Crippen molar-refractivity contribution in [2.75, 3.05) is 0 Å². The molecule has 2 aliphatic carbocycles. The highest BCUT2D eigenvalue weighted by molar-refractivity contribution is 5.18. The average Bonchev–Trinajstić information content (AvgIpc) is 2.93. The second kappa shape index (κ2) is 3.66. The lowest BCUT2D eigenvalue weighted by atomic mass is 9.83. The molecule has 0 nitrogen and oxygen atoms in total. The summed E-state index contributed by atoms with van der Waals surface area (Å²) in [7, 11) is 0. The molecular formula is C15H20. The molecule has 15 heavy (non-hydrogen) atoms. The summed E-state index contributed by atoms with van der Waals surface area (Å²) in [6.45, 7) is 0. The van der Waals surface area contributed by atoms with Crippen LogP contribution in [-0.4, -0.2) is 0 Å². The maximum Gasteiger partial charge on any atom is -0.0245 e. The summed E-state index contributed by atoms with van der Waals surface area (Å²) in [5, 5.41) is 0. The predicted molar refractivity (Wildman–Crippen MR) is 63.8 cm³/mol. The average molecular weight is 200 g/mol. The smallest absolute Gasteiger partial charge is 0.0245 e. The van der Waals surface area contributed by atoms with E-state index in [9.17, 15) is 0 Å². The van der Waals surface area contributed by atoms with Gasteiger partial charge in [0.25, 0.3) is 0 Å². The van der Waals surface area contributed by atoms with Crippen LogP contribution < -0.4 is 0 Å². The Morgan fingerprint density at radius 1 is 1.00 bits per heavy atom. The Kier molecular flexibility index (Phi) is 2.31. The number of hydrogen-bond donors (Lipinski definition) is 0. The van der Waals surface area contributed by atoms with Crippen LogP contribution in [0.15, 0.2) is 30.3 Å². The fourth-order valence-corrected chi connectivity index (χ4v) is 3.49. The van der Waals surface area contributed by atoms with Crippen LogP contribution in [0.1, 0.15) is 44.1 Å². The van der Waals surface area contributed by atoms with E-state index in [0.29, 0.717) is 0 Å². The Bertz CT molecular complexity index is 319. The van der Waals surface area contributed by atoms with Gasteiger partial charge in [-0.25, -0.2) is 0 Å². The van der Waals surface area contributed by atoms with Crippen LogP contribution in [0.25, 0.3) is 0 Å². The van der Waals surface area contributed by atoms with Gasteiger partial charge >= 0.3 is 0 Å². The van der Waals surface area contributed by atoms with Crippen molar-refractivity contribution in [3.05, 3.63) is 35.9 Å². The van der Waals surface area contributed by atoms with E-state index >= 15 is 0 Å². The Morgan fingerprint density at radius 2 is 1.73 bits per heavy atom. The van der Waals surface area contributed by atoms with Gasteiger partial charge in [-0.3, -0.25) is 0 Å². The molecule has 0 aliphatic heterocycles. The molecule has 0 aromatic heterocycles. The summed E-state index contributed by atoms with van der Waals surface area (Å²) < 4.78 is 0. The van der Waals surface area contributed by atoms with Crippen LogP contribution in [-0.2, 0) is 6.42 Å². The second-order valence-corrected chi connectivity index (χ2v) is 5.51. The predicted octanol–water partition coefficient (Wildman–Crippen LogP) is 4.20. The van der Waals surface area contributed by atoms with Gasteiger partial charge in [0.15, 0.2) is 0 Å². The van der Waals surface area contributed by atoms with Crippen molar-refractivity contribution in [2.24, 2.45) is 11.3 Å². The molecule has 2 fully saturated rings. The molecule has 1 atom stereocenters. The molecule has 0 heteroatoms. The minimum absolute atomic E-state index is 0.800. The fourth-order valence-electron chi connectivity index (χ4n) is 3.49. The lowest BCUT2D eigenvalue weighted by Crippen LogP contribution is -2.10. The topological polar surface area (TPSA) is 0 Å². The summed E-state index contributed by atoms with van der Waals surface area (Å²) in [6, 6.07) is 11.0. The molecule has 0 heterocycles. The third kappa shape index (κ3) is 1.82. The minimum atomic E-state index is 0.800. The quantitative estimate of drug-likeness (QED) is 0.671. The highest BCUT2D eigenvalue weighted by Gasteiger charge is 2.52. The van der Waals surface area contributed by atoms with E-state index in [1.165, 1.54) is 44.9 Å². The van der Waals surface area contributed by atoms with Gasteiger partial charge in [-0.2, -0.15) is 0 Å². The molecule has 2 aliphatic rings. The SMILES string of the molecule is c1ccc(CC2CC23CCCCC3)cc1. The number of benzene rings is 1. The zero-order chi connectivity index (χ0) is 10.1.